The lowest BCUT2D eigenvalue weighted by molar-refractivity contribution is 0.893. The summed E-state index contributed by atoms with van der Waals surface area (Å²) < 4.78 is 0. The van der Waals surface area contributed by atoms with E-state index in [1.54, 1.807) is 0 Å². The molecule has 0 aliphatic heterocycles. The zero-order chi connectivity index (χ0) is 8.97. The van der Waals surface area contributed by atoms with Crippen LogP contribution in [-0.2, 0) is 12.8 Å². The third-order valence-electron chi connectivity index (χ3n) is 2.28. The van der Waals surface area contributed by atoms with E-state index in [1.807, 2.05) is 6.07 Å². The molecule has 12 heavy (non-hydrogen) atoms. The molecule has 0 unspecified atom stereocenters. The summed E-state index contributed by atoms with van der Waals surface area (Å²) in [7, 11) is 0. The summed E-state index contributed by atoms with van der Waals surface area (Å²) in [6, 6.07) is 7.52. The van der Waals surface area contributed by atoms with Gasteiger partial charge in [0.15, 0.2) is 0 Å². The van der Waals surface area contributed by atoms with Gasteiger partial charge in [-0.3, -0.25) is 0 Å². The summed E-state index contributed by atoms with van der Waals surface area (Å²) in [5, 5.41) is 0. The zero-order valence-corrected chi connectivity index (χ0v) is 8.28. The molecule has 0 heterocycles. The Hall–Kier alpha value is -0.780. The summed E-state index contributed by atoms with van der Waals surface area (Å²) in [6.45, 7) is 6.62. The molecule has 0 saturated carbocycles. The van der Waals surface area contributed by atoms with Crippen molar-refractivity contribution < 1.29 is 0 Å². The molecule has 0 aromatic heterocycles. The van der Waals surface area contributed by atoms with Crippen LogP contribution in [-0.4, -0.2) is 0 Å². The molecule has 0 aliphatic rings. The van der Waals surface area contributed by atoms with Gasteiger partial charge in [0.1, 0.15) is 0 Å². The first-order chi connectivity index (χ1) is 5.79. The van der Waals surface area contributed by atoms with Gasteiger partial charge in [-0.05, 0) is 42.5 Å². The first-order valence-electron chi connectivity index (χ1n) is 4.78. The maximum absolute atomic E-state index is 3.33. The molecule has 1 aromatic carbocycles. The summed E-state index contributed by atoms with van der Waals surface area (Å²) in [4.78, 5) is 0. The number of hydrogen-bond acceptors (Lipinski definition) is 0. The van der Waals surface area contributed by atoms with Gasteiger partial charge in [0.25, 0.3) is 0 Å². The Morgan fingerprint density at radius 3 is 2.67 bits per heavy atom. The van der Waals surface area contributed by atoms with Crippen LogP contribution >= 0.6 is 0 Å². The van der Waals surface area contributed by atoms with E-state index in [9.17, 15) is 0 Å². The van der Waals surface area contributed by atoms with E-state index in [0.717, 1.165) is 6.42 Å². The van der Waals surface area contributed by atoms with Crippen LogP contribution < -0.4 is 0 Å². The molecule has 0 heteroatoms. The van der Waals surface area contributed by atoms with Crippen molar-refractivity contribution >= 4 is 0 Å². The first kappa shape index (κ1) is 9.31. The monoisotopic (exact) mass is 161 g/mol. The van der Waals surface area contributed by atoms with Crippen molar-refractivity contribution in [3.8, 4) is 0 Å². The summed E-state index contributed by atoms with van der Waals surface area (Å²) in [5.74, 6) is 0. The van der Waals surface area contributed by atoms with Gasteiger partial charge in [0.05, 0.1) is 0 Å². The van der Waals surface area contributed by atoms with Crippen LogP contribution in [0.25, 0.3) is 0 Å². The molecular formula is C12H17. The van der Waals surface area contributed by atoms with Gasteiger partial charge in [-0.25, -0.2) is 0 Å². The summed E-state index contributed by atoms with van der Waals surface area (Å²) >= 11 is 0. The quantitative estimate of drug-likeness (QED) is 0.638. The van der Waals surface area contributed by atoms with Gasteiger partial charge >= 0.3 is 0 Å². The molecule has 0 amide bonds. The van der Waals surface area contributed by atoms with Crippen molar-refractivity contribution in [1.82, 2.24) is 0 Å². The van der Waals surface area contributed by atoms with Gasteiger partial charge in [-0.1, -0.05) is 32.4 Å². The van der Waals surface area contributed by atoms with Crippen molar-refractivity contribution in [2.24, 2.45) is 0 Å². The lowest BCUT2D eigenvalue weighted by Crippen LogP contribution is -1.95. The second-order valence-electron chi connectivity index (χ2n) is 3.22. The maximum atomic E-state index is 3.33. The Bertz CT molecular complexity index is 248. The molecular weight excluding hydrogens is 144 g/mol. The fourth-order valence-corrected chi connectivity index (χ4v) is 1.66. The van der Waals surface area contributed by atoms with Gasteiger partial charge in [0.2, 0.25) is 0 Å². The van der Waals surface area contributed by atoms with Crippen LogP contribution in [0.15, 0.2) is 12.1 Å². The number of hydrogen-bond donors (Lipinski definition) is 0. The van der Waals surface area contributed by atoms with E-state index < -0.39 is 0 Å². The molecule has 0 nitrogen and oxygen atoms in total. The van der Waals surface area contributed by atoms with Gasteiger partial charge in [0, 0.05) is 0 Å². The first-order valence-corrected chi connectivity index (χ1v) is 4.78. The van der Waals surface area contributed by atoms with Gasteiger partial charge in [-0.15, -0.1) is 0 Å². The van der Waals surface area contributed by atoms with E-state index in [-0.39, 0.29) is 0 Å². The topological polar surface area (TPSA) is 0 Å². The molecule has 0 atom stereocenters. The smallest absolute Gasteiger partial charge is 0.0146 e. The number of rotatable bonds is 3. The molecule has 65 valence electrons. The Balaban J connectivity index is 3.00. The minimum Gasteiger partial charge on any atom is -0.0651 e. The molecule has 0 spiro atoms. The zero-order valence-electron chi connectivity index (χ0n) is 8.28. The highest BCUT2D eigenvalue weighted by atomic mass is 14.1. The minimum absolute atomic E-state index is 1.14. The summed E-state index contributed by atoms with van der Waals surface area (Å²) in [5.41, 5.74) is 4.33. The average Bonchev–Trinajstić information content (AvgIpc) is 2.05. The fraction of sp³-hybridized carbons (Fsp3) is 0.500. The standard InChI is InChI=1S/C12H17/c1-4-7-11-9-6-8-10(3)12(11)5-2/h6,8H,4-5,7H2,1-3H3. The van der Waals surface area contributed by atoms with E-state index in [4.69, 9.17) is 0 Å². The SMILES string of the molecule is CCCc1[c]ccc(C)c1CC. The van der Waals surface area contributed by atoms with Crippen molar-refractivity contribution in [2.75, 3.05) is 0 Å². The molecule has 0 fully saturated rings. The highest BCUT2D eigenvalue weighted by Gasteiger charge is 2.01. The van der Waals surface area contributed by atoms with Crippen molar-refractivity contribution in [1.29, 1.82) is 0 Å². The van der Waals surface area contributed by atoms with Gasteiger partial charge in [-0.2, -0.15) is 0 Å². The molecule has 1 aromatic rings. The van der Waals surface area contributed by atoms with E-state index in [1.165, 1.54) is 29.5 Å². The normalized spacial score (nSPS) is 10.2. The Morgan fingerprint density at radius 1 is 1.33 bits per heavy atom. The lowest BCUT2D eigenvalue weighted by Gasteiger charge is -2.08. The third-order valence-corrected chi connectivity index (χ3v) is 2.28. The van der Waals surface area contributed by atoms with Crippen LogP contribution in [0.3, 0.4) is 0 Å². The van der Waals surface area contributed by atoms with Crippen molar-refractivity contribution in [2.45, 2.75) is 40.0 Å². The maximum Gasteiger partial charge on any atom is -0.0146 e. The average molecular weight is 161 g/mol. The van der Waals surface area contributed by atoms with Crippen LogP contribution in [0.2, 0.25) is 0 Å². The molecule has 1 radical (unpaired) electrons. The fourth-order valence-electron chi connectivity index (χ4n) is 1.66. The van der Waals surface area contributed by atoms with Crippen LogP contribution in [0.4, 0.5) is 0 Å². The second kappa shape index (κ2) is 4.30. The van der Waals surface area contributed by atoms with E-state index in [2.05, 4.69) is 32.9 Å². The number of aryl methyl sites for hydroxylation is 2. The highest BCUT2D eigenvalue weighted by Crippen LogP contribution is 2.15. The second-order valence-corrected chi connectivity index (χ2v) is 3.22. The predicted molar refractivity (Wildman–Crippen MR) is 53.4 cm³/mol. The van der Waals surface area contributed by atoms with Crippen molar-refractivity contribution in [3.05, 3.63) is 34.9 Å². The van der Waals surface area contributed by atoms with Gasteiger partial charge < -0.3 is 0 Å². The van der Waals surface area contributed by atoms with E-state index in [0.29, 0.717) is 0 Å². The predicted octanol–water partition coefficient (Wildman–Crippen LogP) is 3.31. The van der Waals surface area contributed by atoms with Crippen LogP contribution in [0.5, 0.6) is 0 Å². The molecule has 0 saturated heterocycles. The molecule has 0 N–H and O–H groups in total. The Morgan fingerprint density at radius 2 is 2.08 bits per heavy atom. The largest absolute Gasteiger partial charge is 0.0651 e. The van der Waals surface area contributed by atoms with Crippen molar-refractivity contribution in [3.63, 3.8) is 0 Å². The molecule has 0 bridgehead atoms. The lowest BCUT2D eigenvalue weighted by atomic mass is 9.97. The van der Waals surface area contributed by atoms with Crippen LogP contribution in [0.1, 0.15) is 37.0 Å². The number of benzene rings is 1. The van der Waals surface area contributed by atoms with Crippen LogP contribution in [0, 0.1) is 13.0 Å². The molecule has 1 rings (SSSR count). The highest BCUT2D eigenvalue weighted by molar-refractivity contribution is 5.33. The Kier molecular flexibility index (Phi) is 3.33. The molecule has 0 aliphatic carbocycles. The summed E-state index contributed by atoms with van der Waals surface area (Å²) in [6.07, 6.45) is 3.52. The van der Waals surface area contributed by atoms with E-state index >= 15 is 0 Å². The Labute approximate surface area is 75.6 Å². The minimum atomic E-state index is 1.14. The third kappa shape index (κ3) is 1.88.